The Bertz CT molecular complexity index is 332. The third-order valence-corrected chi connectivity index (χ3v) is 3.06. The second kappa shape index (κ2) is 3.77. The number of hydrogen-bond donors (Lipinski definition) is 2. The zero-order valence-corrected chi connectivity index (χ0v) is 9.38. The van der Waals surface area contributed by atoms with Gasteiger partial charge in [0, 0.05) is 17.9 Å². The number of rotatable bonds is 3. The molecule has 1 heterocycles. The van der Waals surface area contributed by atoms with Crippen molar-refractivity contribution in [3.8, 4) is 0 Å². The molecule has 0 atom stereocenters. The van der Waals surface area contributed by atoms with Crippen LogP contribution in [0.4, 0.5) is 5.95 Å². The van der Waals surface area contributed by atoms with Gasteiger partial charge in [-0.15, -0.1) is 0 Å². The van der Waals surface area contributed by atoms with Crippen molar-refractivity contribution in [2.45, 2.75) is 38.6 Å². The van der Waals surface area contributed by atoms with Crippen LogP contribution in [0, 0.1) is 13.8 Å². The Balaban J connectivity index is 2.16. The summed E-state index contributed by atoms with van der Waals surface area (Å²) in [5.74, 6) is 0.720. The molecule has 82 valence electrons. The highest BCUT2D eigenvalue weighted by Gasteiger charge is 2.36. The van der Waals surface area contributed by atoms with Crippen molar-refractivity contribution >= 4 is 5.95 Å². The van der Waals surface area contributed by atoms with Crippen LogP contribution in [0.3, 0.4) is 0 Å². The highest BCUT2D eigenvalue weighted by molar-refractivity contribution is 5.33. The van der Waals surface area contributed by atoms with Gasteiger partial charge in [-0.05, 0) is 39.2 Å². The van der Waals surface area contributed by atoms with Crippen molar-refractivity contribution in [3.63, 3.8) is 0 Å². The first-order valence-electron chi connectivity index (χ1n) is 5.44. The molecule has 1 aromatic heterocycles. The number of anilines is 1. The van der Waals surface area contributed by atoms with E-state index in [1.165, 1.54) is 6.42 Å². The van der Waals surface area contributed by atoms with E-state index < -0.39 is 0 Å². The van der Waals surface area contributed by atoms with E-state index in [-0.39, 0.29) is 5.54 Å². The first-order chi connectivity index (χ1) is 7.13. The summed E-state index contributed by atoms with van der Waals surface area (Å²) in [4.78, 5) is 8.74. The number of aromatic nitrogens is 2. The third-order valence-electron chi connectivity index (χ3n) is 3.06. The lowest BCUT2D eigenvalue weighted by Crippen LogP contribution is -2.51. The van der Waals surface area contributed by atoms with Crippen LogP contribution in [0.15, 0.2) is 6.07 Å². The van der Waals surface area contributed by atoms with Crippen LogP contribution in [-0.2, 0) is 0 Å². The summed E-state index contributed by atoms with van der Waals surface area (Å²) in [7, 11) is 0. The molecule has 4 heteroatoms. The molecule has 4 nitrogen and oxygen atoms in total. The second-order valence-electron chi connectivity index (χ2n) is 4.44. The van der Waals surface area contributed by atoms with Gasteiger partial charge in [-0.3, -0.25) is 0 Å². The van der Waals surface area contributed by atoms with Gasteiger partial charge < -0.3 is 11.1 Å². The smallest absolute Gasteiger partial charge is 0.223 e. The van der Waals surface area contributed by atoms with Crippen molar-refractivity contribution in [1.29, 1.82) is 0 Å². The fraction of sp³-hybridized carbons (Fsp3) is 0.636. The molecule has 1 aliphatic carbocycles. The van der Waals surface area contributed by atoms with Gasteiger partial charge in [0.05, 0.1) is 5.54 Å². The average molecular weight is 206 g/mol. The van der Waals surface area contributed by atoms with E-state index in [9.17, 15) is 0 Å². The zero-order chi connectivity index (χ0) is 10.9. The summed E-state index contributed by atoms with van der Waals surface area (Å²) < 4.78 is 0. The van der Waals surface area contributed by atoms with Crippen LogP contribution >= 0.6 is 0 Å². The van der Waals surface area contributed by atoms with Crippen LogP contribution in [0.25, 0.3) is 0 Å². The normalized spacial score (nSPS) is 18.3. The predicted octanol–water partition coefficient (Wildman–Crippen LogP) is 1.39. The van der Waals surface area contributed by atoms with Crippen LogP contribution in [-0.4, -0.2) is 22.1 Å². The molecule has 0 bridgehead atoms. The molecule has 15 heavy (non-hydrogen) atoms. The van der Waals surface area contributed by atoms with Crippen molar-refractivity contribution in [3.05, 3.63) is 17.5 Å². The average Bonchev–Trinajstić information content (AvgIpc) is 2.10. The molecule has 1 saturated carbocycles. The number of hydrogen-bond acceptors (Lipinski definition) is 4. The van der Waals surface area contributed by atoms with Gasteiger partial charge >= 0.3 is 0 Å². The van der Waals surface area contributed by atoms with E-state index in [0.717, 1.165) is 30.2 Å². The highest BCUT2D eigenvalue weighted by Crippen LogP contribution is 2.33. The van der Waals surface area contributed by atoms with E-state index in [1.807, 2.05) is 19.9 Å². The lowest BCUT2D eigenvalue weighted by molar-refractivity contribution is 0.285. The minimum Gasteiger partial charge on any atom is -0.348 e. The SMILES string of the molecule is Cc1cc(C)nc(NC2(CN)CCC2)n1. The Labute approximate surface area is 90.3 Å². The van der Waals surface area contributed by atoms with Gasteiger partial charge in [-0.25, -0.2) is 9.97 Å². The summed E-state index contributed by atoms with van der Waals surface area (Å²) in [5.41, 5.74) is 7.82. The largest absolute Gasteiger partial charge is 0.348 e. The molecule has 0 unspecified atom stereocenters. The van der Waals surface area contributed by atoms with Crippen LogP contribution in [0.5, 0.6) is 0 Å². The molecule has 0 saturated heterocycles. The Kier molecular flexibility index (Phi) is 2.61. The molecule has 1 aromatic rings. The Morgan fingerprint density at radius 2 is 1.93 bits per heavy atom. The van der Waals surface area contributed by atoms with E-state index >= 15 is 0 Å². The highest BCUT2D eigenvalue weighted by atomic mass is 15.2. The maximum atomic E-state index is 5.77. The van der Waals surface area contributed by atoms with Gasteiger partial charge in [-0.1, -0.05) is 0 Å². The summed E-state index contributed by atoms with van der Waals surface area (Å²) in [6.45, 7) is 4.62. The molecule has 0 radical (unpaired) electrons. The monoisotopic (exact) mass is 206 g/mol. The number of nitrogens with one attached hydrogen (secondary N) is 1. The van der Waals surface area contributed by atoms with Gasteiger partial charge in [0.15, 0.2) is 0 Å². The summed E-state index contributed by atoms with van der Waals surface area (Å²) >= 11 is 0. The third kappa shape index (κ3) is 2.09. The minimum absolute atomic E-state index is 0.0558. The van der Waals surface area contributed by atoms with Gasteiger partial charge in [0.1, 0.15) is 0 Å². The van der Waals surface area contributed by atoms with E-state index in [4.69, 9.17) is 5.73 Å². The van der Waals surface area contributed by atoms with Crippen molar-refractivity contribution in [1.82, 2.24) is 9.97 Å². The van der Waals surface area contributed by atoms with E-state index in [0.29, 0.717) is 6.54 Å². The molecule has 0 aromatic carbocycles. The molecule has 0 spiro atoms. The topological polar surface area (TPSA) is 63.8 Å². The quantitative estimate of drug-likeness (QED) is 0.784. The van der Waals surface area contributed by atoms with Crippen LogP contribution in [0.2, 0.25) is 0 Å². The molecule has 1 aliphatic rings. The van der Waals surface area contributed by atoms with E-state index in [2.05, 4.69) is 15.3 Å². The number of aryl methyl sites for hydroxylation is 2. The fourth-order valence-electron chi connectivity index (χ4n) is 2.00. The van der Waals surface area contributed by atoms with Crippen molar-refractivity contribution < 1.29 is 0 Å². The standard InChI is InChI=1S/C11H18N4/c1-8-6-9(2)14-10(13-8)15-11(7-12)4-3-5-11/h6H,3-5,7,12H2,1-2H3,(H,13,14,15). The molecular weight excluding hydrogens is 188 g/mol. The molecule has 0 amide bonds. The molecule has 2 rings (SSSR count). The lowest BCUT2D eigenvalue weighted by atomic mass is 9.77. The van der Waals surface area contributed by atoms with Crippen molar-refractivity contribution in [2.24, 2.45) is 5.73 Å². The molecule has 3 N–H and O–H groups in total. The first kappa shape index (κ1) is 10.4. The maximum Gasteiger partial charge on any atom is 0.223 e. The summed E-state index contributed by atoms with van der Waals surface area (Å²) in [6.07, 6.45) is 3.49. The minimum atomic E-state index is 0.0558. The Morgan fingerprint density at radius 1 is 1.33 bits per heavy atom. The first-order valence-corrected chi connectivity index (χ1v) is 5.44. The molecular formula is C11H18N4. The van der Waals surface area contributed by atoms with Crippen LogP contribution < -0.4 is 11.1 Å². The zero-order valence-electron chi connectivity index (χ0n) is 9.38. The number of nitrogens with zero attached hydrogens (tertiary/aromatic N) is 2. The van der Waals surface area contributed by atoms with Gasteiger partial charge in [0.2, 0.25) is 5.95 Å². The Hall–Kier alpha value is -1.16. The molecule has 0 aliphatic heterocycles. The maximum absolute atomic E-state index is 5.77. The fourth-order valence-corrected chi connectivity index (χ4v) is 2.00. The number of nitrogens with two attached hydrogens (primary N) is 1. The van der Waals surface area contributed by atoms with Gasteiger partial charge in [-0.2, -0.15) is 0 Å². The predicted molar refractivity (Wildman–Crippen MR) is 60.8 cm³/mol. The van der Waals surface area contributed by atoms with Crippen molar-refractivity contribution in [2.75, 3.05) is 11.9 Å². The lowest BCUT2D eigenvalue weighted by Gasteiger charge is -2.41. The Morgan fingerprint density at radius 3 is 2.33 bits per heavy atom. The summed E-state index contributed by atoms with van der Waals surface area (Å²) in [5, 5.41) is 3.38. The summed E-state index contributed by atoms with van der Waals surface area (Å²) in [6, 6.07) is 1.97. The van der Waals surface area contributed by atoms with Gasteiger partial charge in [0.25, 0.3) is 0 Å². The van der Waals surface area contributed by atoms with E-state index in [1.54, 1.807) is 0 Å². The second-order valence-corrected chi connectivity index (χ2v) is 4.44. The van der Waals surface area contributed by atoms with Crippen LogP contribution in [0.1, 0.15) is 30.7 Å². The molecule has 1 fully saturated rings.